The number of carbonyl (C=O) groups excluding carboxylic acids is 1. The number of aryl methyl sites for hydroxylation is 1. The van der Waals surface area contributed by atoms with Gasteiger partial charge in [0.2, 0.25) is 0 Å². The fourth-order valence-corrected chi connectivity index (χ4v) is 4.28. The Kier molecular flexibility index (Phi) is 6.81. The fourth-order valence-electron chi connectivity index (χ4n) is 4.28. The number of likely N-dealkylation sites (N-methyl/N-ethyl adjacent to an activating group) is 1. The number of hydrogen-bond donors (Lipinski definition) is 0. The average molecular weight is 360 g/mol. The van der Waals surface area contributed by atoms with Gasteiger partial charge in [-0.2, -0.15) is 0 Å². The zero-order chi connectivity index (χ0) is 18.4. The lowest BCUT2D eigenvalue weighted by Crippen LogP contribution is -2.23. The van der Waals surface area contributed by atoms with E-state index in [2.05, 4.69) is 19.1 Å². The maximum atomic E-state index is 11.5. The van der Waals surface area contributed by atoms with E-state index in [1.807, 2.05) is 12.1 Å². The van der Waals surface area contributed by atoms with Gasteiger partial charge in [0.25, 0.3) is 0 Å². The van der Waals surface area contributed by atoms with Crippen LogP contribution in [0.4, 0.5) is 4.79 Å². The lowest BCUT2D eigenvalue weighted by Gasteiger charge is -2.24. The average Bonchev–Trinajstić information content (AvgIpc) is 2.97. The molecule has 1 heterocycles. The van der Waals surface area contributed by atoms with Crippen molar-refractivity contribution in [2.24, 2.45) is 11.8 Å². The molecule has 0 aromatic heterocycles. The topological polar surface area (TPSA) is 38.8 Å². The number of carbonyl (C=O) groups is 1. The summed E-state index contributed by atoms with van der Waals surface area (Å²) in [5.74, 6) is 2.64. The van der Waals surface area contributed by atoms with Crippen molar-refractivity contribution >= 4 is 6.09 Å². The summed E-state index contributed by atoms with van der Waals surface area (Å²) in [6, 6.07) is 8.28. The number of benzene rings is 1. The highest BCUT2D eigenvalue weighted by molar-refractivity contribution is 5.69. The molecule has 0 bridgehead atoms. The zero-order valence-corrected chi connectivity index (χ0v) is 16.3. The Morgan fingerprint density at radius 1 is 1.23 bits per heavy atom. The molecule has 26 heavy (non-hydrogen) atoms. The molecule has 3 rings (SSSR count). The molecular weight excluding hydrogens is 326 g/mol. The number of ether oxygens (including phenoxy) is 2. The minimum atomic E-state index is -0.261. The molecule has 1 aromatic rings. The molecule has 1 saturated carbocycles. The van der Waals surface area contributed by atoms with Crippen LogP contribution in [0.25, 0.3) is 0 Å². The second-order valence-electron chi connectivity index (χ2n) is 8.19. The Morgan fingerprint density at radius 2 is 2.00 bits per heavy atom. The van der Waals surface area contributed by atoms with Crippen LogP contribution >= 0.6 is 0 Å². The van der Waals surface area contributed by atoms with E-state index in [9.17, 15) is 4.79 Å². The Labute approximate surface area is 157 Å². The first-order valence-corrected chi connectivity index (χ1v) is 10.2. The Hall–Kier alpha value is -1.71. The predicted molar refractivity (Wildman–Crippen MR) is 104 cm³/mol. The molecular formula is C22H33NO3. The highest BCUT2D eigenvalue weighted by Gasteiger charge is 2.28. The molecule has 1 aromatic carbocycles. The van der Waals surface area contributed by atoms with Gasteiger partial charge in [0.1, 0.15) is 12.4 Å². The monoisotopic (exact) mass is 359 g/mol. The summed E-state index contributed by atoms with van der Waals surface area (Å²) in [5.41, 5.74) is 1.26. The van der Waals surface area contributed by atoms with Crippen LogP contribution < -0.4 is 4.74 Å². The molecule has 0 radical (unpaired) electrons. The van der Waals surface area contributed by atoms with Crippen LogP contribution in [-0.2, 0) is 11.2 Å². The van der Waals surface area contributed by atoms with E-state index < -0.39 is 0 Å². The van der Waals surface area contributed by atoms with Crippen LogP contribution in [0.3, 0.4) is 0 Å². The first-order chi connectivity index (χ1) is 12.6. The molecule has 2 unspecified atom stereocenters. The minimum Gasteiger partial charge on any atom is -0.489 e. The molecule has 0 N–H and O–H groups in total. The minimum absolute atomic E-state index is 0.175. The fraction of sp³-hybridized carbons (Fsp3) is 0.682. The third kappa shape index (κ3) is 5.39. The summed E-state index contributed by atoms with van der Waals surface area (Å²) in [4.78, 5) is 13.0. The van der Waals surface area contributed by atoms with Crippen molar-refractivity contribution in [3.05, 3.63) is 29.8 Å². The van der Waals surface area contributed by atoms with Crippen LogP contribution in [0.5, 0.6) is 5.75 Å². The van der Waals surface area contributed by atoms with Gasteiger partial charge in [-0.05, 0) is 42.7 Å². The molecule has 4 heteroatoms. The van der Waals surface area contributed by atoms with Gasteiger partial charge in [-0.15, -0.1) is 0 Å². The highest BCUT2D eigenvalue weighted by atomic mass is 16.6. The van der Waals surface area contributed by atoms with Crippen LogP contribution in [0.15, 0.2) is 24.3 Å². The Morgan fingerprint density at radius 3 is 2.73 bits per heavy atom. The highest BCUT2D eigenvalue weighted by Crippen LogP contribution is 2.31. The van der Waals surface area contributed by atoms with Crippen molar-refractivity contribution in [2.75, 3.05) is 20.2 Å². The van der Waals surface area contributed by atoms with Crippen molar-refractivity contribution in [2.45, 2.75) is 64.4 Å². The van der Waals surface area contributed by atoms with Crippen LogP contribution in [-0.4, -0.2) is 37.3 Å². The van der Waals surface area contributed by atoms with Gasteiger partial charge in [0, 0.05) is 7.05 Å². The maximum absolute atomic E-state index is 11.5. The Balaban J connectivity index is 1.46. The first kappa shape index (κ1) is 19.1. The first-order valence-electron chi connectivity index (χ1n) is 10.2. The van der Waals surface area contributed by atoms with E-state index in [0.29, 0.717) is 13.2 Å². The molecule has 1 amide bonds. The van der Waals surface area contributed by atoms with E-state index >= 15 is 0 Å². The number of cyclic esters (lactones) is 1. The molecule has 0 spiro atoms. The Bertz CT molecular complexity index is 583. The van der Waals surface area contributed by atoms with E-state index in [1.54, 1.807) is 11.9 Å². The second kappa shape index (κ2) is 9.29. The zero-order valence-electron chi connectivity index (χ0n) is 16.3. The third-order valence-corrected chi connectivity index (χ3v) is 5.82. The van der Waals surface area contributed by atoms with Crippen LogP contribution in [0, 0.1) is 11.8 Å². The van der Waals surface area contributed by atoms with Gasteiger partial charge in [-0.3, -0.25) is 0 Å². The molecule has 1 aliphatic heterocycles. The number of amides is 1. The molecule has 4 nitrogen and oxygen atoms in total. The summed E-state index contributed by atoms with van der Waals surface area (Å²) in [5, 5.41) is 0. The molecule has 144 valence electrons. The lowest BCUT2D eigenvalue weighted by atomic mass is 9.82. The maximum Gasteiger partial charge on any atom is 0.410 e. The summed E-state index contributed by atoms with van der Waals surface area (Å²) in [6.45, 7) is 3.41. The molecule has 2 aliphatic rings. The third-order valence-electron chi connectivity index (χ3n) is 5.82. The number of hydrogen-bond acceptors (Lipinski definition) is 3. The summed E-state index contributed by atoms with van der Waals surface area (Å²) < 4.78 is 11.3. The van der Waals surface area contributed by atoms with Gasteiger partial charge in [0.05, 0.1) is 6.54 Å². The molecule has 2 fully saturated rings. The number of nitrogens with zero attached hydrogens (tertiary/aromatic N) is 1. The summed E-state index contributed by atoms with van der Waals surface area (Å²) >= 11 is 0. The smallest absolute Gasteiger partial charge is 0.410 e. The van der Waals surface area contributed by atoms with Crippen molar-refractivity contribution in [3.63, 3.8) is 0 Å². The van der Waals surface area contributed by atoms with Gasteiger partial charge in [0.15, 0.2) is 6.10 Å². The summed E-state index contributed by atoms with van der Waals surface area (Å²) in [7, 11) is 1.75. The standard InChI is InChI=1S/C22H33NO3/c1-17(14-18-8-4-3-5-9-18)12-13-19-10-6-7-11-21(19)25-16-20-15-23(2)22(24)26-20/h6-7,10-11,17-18,20H,3-5,8-9,12-16H2,1-2H3. The van der Waals surface area contributed by atoms with Gasteiger partial charge < -0.3 is 14.4 Å². The van der Waals surface area contributed by atoms with Crippen molar-refractivity contribution < 1.29 is 14.3 Å². The second-order valence-corrected chi connectivity index (χ2v) is 8.19. The largest absolute Gasteiger partial charge is 0.489 e. The van der Waals surface area contributed by atoms with Crippen molar-refractivity contribution in [1.82, 2.24) is 4.90 Å². The normalized spacial score (nSPS) is 22.3. The van der Waals surface area contributed by atoms with Crippen LogP contribution in [0.1, 0.15) is 57.4 Å². The van der Waals surface area contributed by atoms with Crippen molar-refractivity contribution in [3.8, 4) is 5.75 Å². The van der Waals surface area contributed by atoms with Crippen LogP contribution in [0.2, 0.25) is 0 Å². The number of para-hydroxylation sites is 1. The molecule has 2 atom stereocenters. The van der Waals surface area contributed by atoms with E-state index in [1.165, 1.54) is 50.5 Å². The number of rotatable bonds is 8. The van der Waals surface area contributed by atoms with E-state index in [-0.39, 0.29) is 12.2 Å². The van der Waals surface area contributed by atoms with Crippen molar-refractivity contribution in [1.29, 1.82) is 0 Å². The summed E-state index contributed by atoms with van der Waals surface area (Å²) in [6.07, 6.45) is 10.3. The molecule has 1 saturated heterocycles. The predicted octanol–water partition coefficient (Wildman–Crippen LogP) is 5.06. The van der Waals surface area contributed by atoms with E-state index in [4.69, 9.17) is 9.47 Å². The van der Waals surface area contributed by atoms with Gasteiger partial charge in [-0.1, -0.05) is 57.2 Å². The molecule has 1 aliphatic carbocycles. The SMILES string of the molecule is CC(CCc1ccccc1OCC1CN(C)C(=O)O1)CC1CCCCC1. The van der Waals surface area contributed by atoms with Gasteiger partial charge in [-0.25, -0.2) is 4.79 Å². The van der Waals surface area contributed by atoms with Gasteiger partial charge >= 0.3 is 6.09 Å². The lowest BCUT2D eigenvalue weighted by molar-refractivity contribution is 0.103. The quantitative estimate of drug-likeness (QED) is 0.651. The van der Waals surface area contributed by atoms with E-state index in [0.717, 1.165) is 24.0 Å².